The summed E-state index contributed by atoms with van der Waals surface area (Å²) in [5, 5.41) is 3.42. The maximum absolute atomic E-state index is 13.3. The van der Waals surface area contributed by atoms with Crippen molar-refractivity contribution in [3.05, 3.63) is 59.7 Å². The lowest BCUT2D eigenvalue weighted by Gasteiger charge is -2.31. The van der Waals surface area contributed by atoms with E-state index in [0.717, 1.165) is 43.5 Å². The highest BCUT2D eigenvalue weighted by molar-refractivity contribution is 5.94. The SMILES string of the molecule is COCc1ccc(C(=O)N(Cc2cncnc2)[C@@H]2CCCNCC2)cc1. The van der Waals surface area contributed by atoms with E-state index in [0.29, 0.717) is 18.7 Å². The average Bonchev–Trinajstić information content (AvgIpc) is 2.97. The normalized spacial score (nSPS) is 17.5. The van der Waals surface area contributed by atoms with E-state index in [9.17, 15) is 4.79 Å². The van der Waals surface area contributed by atoms with E-state index in [1.165, 1.54) is 6.33 Å². The largest absolute Gasteiger partial charge is 0.380 e. The van der Waals surface area contributed by atoms with E-state index in [1.54, 1.807) is 19.5 Å². The number of carbonyl (C=O) groups excluding carboxylic acids is 1. The van der Waals surface area contributed by atoms with Crippen LogP contribution in [0.25, 0.3) is 0 Å². The highest BCUT2D eigenvalue weighted by Gasteiger charge is 2.26. The molecule has 0 radical (unpaired) electrons. The molecule has 1 aliphatic rings. The van der Waals surface area contributed by atoms with Crippen LogP contribution in [0.15, 0.2) is 43.0 Å². The van der Waals surface area contributed by atoms with Crippen molar-refractivity contribution in [1.29, 1.82) is 0 Å². The van der Waals surface area contributed by atoms with Crippen LogP contribution in [0.2, 0.25) is 0 Å². The van der Waals surface area contributed by atoms with Gasteiger partial charge in [-0.3, -0.25) is 4.79 Å². The van der Waals surface area contributed by atoms with Crippen LogP contribution in [0, 0.1) is 0 Å². The molecule has 1 saturated heterocycles. The molecule has 1 aromatic carbocycles. The van der Waals surface area contributed by atoms with Gasteiger partial charge in [-0.2, -0.15) is 0 Å². The van der Waals surface area contributed by atoms with Gasteiger partial charge in [0, 0.05) is 43.2 Å². The van der Waals surface area contributed by atoms with Crippen LogP contribution in [0.5, 0.6) is 0 Å². The maximum atomic E-state index is 13.3. The van der Waals surface area contributed by atoms with E-state index in [1.807, 2.05) is 29.2 Å². The number of methoxy groups -OCH3 is 1. The molecule has 0 saturated carbocycles. The van der Waals surface area contributed by atoms with Gasteiger partial charge in [-0.1, -0.05) is 12.1 Å². The van der Waals surface area contributed by atoms with Crippen molar-refractivity contribution >= 4 is 5.91 Å². The molecule has 3 rings (SSSR count). The van der Waals surface area contributed by atoms with E-state index in [-0.39, 0.29) is 11.9 Å². The van der Waals surface area contributed by atoms with Crippen molar-refractivity contribution in [2.75, 3.05) is 20.2 Å². The Morgan fingerprint density at radius 1 is 1.15 bits per heavy atom. The second kappa shape index (κ2) is 9.40. The van der Waals surface area contributed by atoms with Crippen molar-refractivity contribution in [3.8, 4) is 0 Å². The van der Waals surface area contributed by atoms with Crippen LogP contribution in [0.3, 0.4) is 0 Å². The highest BCUT2D eigenvalue weighted by atomic mass is 16.5. The van der Waals surface area contributed by atoms with Gasteiger partial charge in [0.15, 0.2) is 0 Å². The summed E-state index contributed by atoms with van der Waals surface area (Å²) >= 11 is 0. The highest BCUT2D eigenvalue weighted by Crippen LogP contribution is 2.20. The first-order valence-electron chi connectivity index (χ1n) is 9.11. The summed E-state index contributed by atoms with van der Waals surface area (Å²) in [5.74, 6) is 0.0599. The van der Waals surface area contributed by atoms with Crippen LogP contribution in [-0.4, -0.2) is 47.0 Å². The predicted molar refractivity (Wildman–Crippen MR) is 99.6 cm³/mol. The number of benzene rings is 1. The van der Waals surface area contributed by atoms with Crippen molar-refractivity contribution in [3.63, 3.8) is 0 Å². The molecule has 6 heteroatoms. The third-order valence-corrected chi connectivity index (χ3v) is 4.73. The summed E-state index contributed by atoms with van der Waals surface area (Å²) in [7, 11) is 1.67. The number of ether oxygens (including phenoxy) is 1. The molecule has 0 bridgehead atoms. The molecule has 1 amide bonds. The minimum absolute atomic E-state index is 0.0599. The Labute approximate surface area is 154 Å². The summed E-state index contributed by atoms with van der Waals surface area (Å²) in [5.41, 5.74) is 2.72. The number of hydrogen-bond acceptors (Lipinski definition) is 5. The van der Waals surface area contributed by atoms with E-state index >= 15 is 0 Å². The Morgan fingerprint density at radius 3 is 2.65 bits per heavy atom. The first-order chi connectivity index (χ1) is 12.8. The monoisotopic (exact) mass is 354 g/mol. The smallest absolute Gasteiger partial charge is 0.254 e. The number of nitrogens with one attached hydrogen (secondary N) is 1. The summed E-state index contributed by atoms with van der Waals surface area (Å²) < 4.78 is 5.15. The topological polar surface area (TPSA) is 67.3 Å². The molecular weight excluding hydrogens is 328 g/mol. The van der Waals surface area contributed by atoms with Crippen LogP contribution < -0.4 is 5.32 Å². The molecule has 0 unspecified atom stereocenters. The number of carbonyl (C=O) groups is 1. The van der Waals surface area contributed by atoms with Gasteiger partial charge in [0.2, 0.25) is 0 Å². The molecule has 138 valence electrons. The molecule has 26 heavy (non-hydrogen) atoms. The molecule has 1 fully saturated rings. The summed E-state index contributed by atoms with van der Waals surface area (Å²) in [6.07, 6.45) is 8.12. The standard InChI is InChI=1S/C20H26N4O2/c1-26-14-16-4-6-18(7-5-16)20(25)24(13-17-11-22-15-23-12-17)19-3-2-9-21-10-8-19/h4-7,11-12,15,19,21H,2-3,8-10,13-14H2,1H3/t19-/m1/s1. The Balaban J connectivity index is 1.81. The lowest BCUT2D eigenvalue weighted by Crippen LogP contribution is -2.40. The quantitative estimate of drug-likeness (QED) is 0.863. The molecule has 1 N–H and O–H groups in total. The number of hydrogen-bond donors (Lipinski definition) is 1. The third kappa shape index (κ3) is 4.86. The Hall–Kier alpha value is -2.31. The number of aromatic nitrogens is 2. The lowest BCUT2D eigenvalue weighted by molar-refractivity contribution is 0.0645. The van der Waals surface area contributed by atoms with Gasteiger partial charge >= 0.3 is 0 Å². The van der Waals surface area contributed by atoms with Gasteiger partial charge in [0.25, 0.3) is 5.91 Å². The summed E-state index contributed by atoms with van der Waals surface area (Å²) in [4.78, 5) is 23.4. The van der Waals surface area contributed by atoms with Crippen LogP contribution >= 0.6 is 0 Å². The molecule has 6 nitrogen and oxygen atoms in total. The van der Waals surface area contributed by atoms with E-state index in [4.69, 9.17) is 4.74 Å². The van der Waals surface area contributed by atoms with Gasteiger partial charge in [-0.25, -0.2) is 9.97 Å². The Bertz CT molecular complexity index is 683. The molecule has 1 atom stereocenters. The predicted octanol–water partition coefficient (Wildman–Crippen LogP) is 2.41. The fraction of sp³-hybridized carbons (Fsp3) is 0.450. The zero-order valence-electron chi connectivity index (χ0n) is 15.2. The van der Waals surface area contributed by atoms with Crippen molar-refractivity contribution in [1.82, 2.24) is 20.2 Å². The lowest BCUT2D eigenvalue weighted by atomic mass is 10.0. The van der Waals surface area contributed by atoms with Gasteiger partial charge in [0.05, 0.1) is 6.61 Å². The number of amides is 1. The number of nitrogens with zero attached hydrogens (tertiary/aromatic N) is 3. The fourth-order valence-corrected chi connectivity index (χ4v) is 3.36. The number of rotatable bonds is 6. The Morgan fingerprint density at radius 2 is 1.92 bits per heavy atom. The fourth-order valence-electron chi connectivity index (χ4n) is 3.36. The first kappa shape index (κ1) is 18.5. The molecule has 1 aliphatic heterocycles. The molecule has 1 aromatic heterocycles. The van der Waals surface area contributed by atoms with Crippen molar-refractivity contribution < 1.29 is 9.53 Å². The third-order valence-electron chi connectivity index (χ3n) is 4.73. The maximum Gasteiger partial charge on any atom is 0.254 e. The second-order valence-electron chi connectivity index (χ2n) is 6.64. The molecule has 2 aromatic rings. The van der Waals surface area contributed by atoms with Crippen molar-refractivity contribution in [2.24, 2.45) is 0 Å². The van der Waals surface area contributed by atoms with Gasteiger partial charge in [0.1, 0.15) is 6.33 Å². The zero-order valence-corrected chi connectivity index (χ0v) is 15.2. The zero-order chi connectivity index (χ0) is 18.2. The van der Waals surface area contributed by atoms with E-state index in [2.05, 4.69) is 15.3 Å². The summed E-state index contributed by atoms with van der Waals surface area (Å²) in [6.45, 7) is 3.03. The molecule has 2 heterocycles. The van der Waals surface area contributed by atoms with Crippen LogP contribution in [0.4, 0.5) is 0 Å². The molecule has 0 aliphatic carbocycles. The van der Waals surface area contributed by atoms with Crippen LogP contribution in [-0.2, 0) is 17.9 Å². The van der Waals surface area contributed by atoms with Crippen LogP contribution in [0.1, 0.15) is 40.7 Å². The Kier molecular flexibility index (Phi) is 6.68. The minimum atomic E-state index is 0.0599. The molecular formula is C20H26N4O2. The van der Waals surface area contributed by atoms with Crippen molar-refractivity contribution in [2.45, 2.75) is 38.5 Å². The van der Waals surface area contributed by atoms with Gasteiger partial charge in [-0.15, -0.1) is 0 Å². The van der Waals surface area contributed by atoms with E-state index < -0.39 is 0 Å². The molecule has 0 spiro atoms. The second-order valence-corrected chi connectivity index (χ2v) is 6.64. The van der Waals surface area contributed by atoms with Gasteiger partial charge < -0.3 is 15.0 Å². The van der Waals surface area contributed by atoms with Gasteiger partial charge in [-0.05, 0) is 50.0 Å². The first-order valence-corrected chi connectivity index (χ1v) is 9.11. The minimum Gasteiger partial charge on any atom is -0.380 e. The average molecular weight is 354 g/mol. The summed E-state index contributed by atoms with van der Waals surface area (Å²) in [6, 6.07) is 7.90.